The van der Waals surface area contributed by atoms with Gasteiger partial charge in [-0.15, -0.1) is 11.8 Å². The van der Waals surface area contributed by atoms with E-state index in [-0.39, 0.29) is 18.6 Å². The van der Waals surface area contributed by atoms with Crippen LogP contribution in [0.25, 0.3) is 0 Å². The van der Waals surface area contributed by atoms with Crippen LogP contribution in [0.1, 0.15) is 20.8 Å². The van der Waals surface area contributed by atoms with E-state index in [1.165, 1.54) is 0 Å². The van der Waals surface area contributed by atoms with Crippen LogP contribution in [0, 0.1) is 5.92 Å². The standard InChI is InChI=1S/C13H21NO2S/c1-9(2)16-11-5-4-6-12(13(11)14)17-8-10(3)7-15/h4-6,9-10,15H,7-8,14H2,1-3H3. The summed E-state index contributed by atoms with van der Waals surface area (Å²) in [4.78, 5) is 1.02. The molecular formula is C13H21NO2S. The van der Waals surface area contributed by atoms with E-state index in [4.69, 9.17) is 15.6 Å². The number of anilines is 1. The van der Waals surface area contributed by atoms with Crippen LogP contribution in [-0.4, -0.2) is 23.6 Å². The Labute approximate surface area is 107 Å². The molecule has 0 saturated heterocycles. The van der Waals surface area contributed by atoms with Crippen LogP contribution in [0.15, 0.2) is 23.1 Å². The third-order valence-electron chi connectivity index (χ3n) is 2.22. The molecule has 0 aliphatic carbocycles. The smallest absolute Gasteiger partial charge is 0.143 e. The van der Waals surface area contributed by atoms with Crippen LogP contribution in [0.4, 0.5) is 5.69 Å². The average molecular weight is 255 g/mol. The fourth-order valence-electron chi connectivity index (χ4n) is 1.29. The molecule has 1 aromatic carbocycles. The average Bonchev–Trinajstić information content (AvgIpc) is 2.29. The monoisotopic (exact) mass is 255 g/mol. The number of benzene rings is 1. The maximum Gasteiger partial charge on any atom is 0.143 e. The van der Waals surface area contributed by atoms with Gasteiger partial charge in [-0.2, -0.15) is 0 Å². The van der Waals surface area contributed by atoms with E-state index >= 15 is 0 Å². The number of ether oxygens (including phenoxy) is 1. The fourth-order valence-corrected chi connectivity index (χ4v) is 2.29. The molecule has 0 bridgehead atoms. The number of aliphatic hydroxyl groups excluding tert-OH is 1. The topological polar surface area (TPSA) is 55.5 Å². The Morgan fingerprint density at radius 3 is 2.65 bits per heavy atom. The molecule has 1 aromatic rings. The molecule has 0 aromatic heterocycles. The lowest BCUT2D eigenvalue weighted by Gasteiger charge is -2.15. The van der Waals surface area contributed by atoms with Crippen molar-refractivity contribution in [2.75, 3.05) is 18.1 Å². The first-order chi connectivity index (χ1) is 8.04. The minimum absolute atomic E-state index is 0.119. The summed E-state index contributed by atoms with van der Waals surface area (Å²) in [6, 6.07) is 5.81. The second kappa shape index (κ2) is 6.77. The first-order valence-electron chi connectivity index (χ1n) is 5.83. The van der Waals surface area contributed by atoms with Crippen molar-refractivity contribution in [1.82, 2.24) is 0 Å². The van der Waals surface area contributed by atoms with E-state index in [0.29, 0.717) is 5.69 Å². The van der Waals surface area contributed by atoms with Gasteiger partial charge in [0, 0.05) is 17.3 Å². The fraction of sp³-hybridized carbons (Fsp3) is 0.538. The van der Waals surface area contributed by atoms with Crippen molar-refractivity contribution in [2.24, 2.45) is 5.92 Å². The summed E-state index contributed by atoms with van der Waals surface area (Å²) in [6.07, 6.45) is 0.119. The second-order valence-corrected chi connectivity index (χ2v) is 5.50. The van der Waals surface area contributed by atoms with Crippen molar-refractivity contribution in [3.63, 3.8) is 0 Å². The molecule has 0 fully saturated rings. The highest BCUT2D eigenvalue weighted by Crippen LogP contribution is 2.33. The lowest BCUT2D eigenvalue weighted by atomic mass is 10.2. The van der Waals surface area contributed by atoms with Gasteiger partial charge in [-0.1, -0.05) is 13.0 Å². The van der Waals surface area contributed by atoms with Crippen LogP contribution < -0.4 is 10.5 Å². The molecule has 17 heavy (non-hydrogen) atoms. The van der Waals surface area contributed by atoms with Crippen LogP contribution >= 0.6 is 11.8 Å². The van der Waals surface area contributed by atoms with Gasteiger partial charge in [0.05, 0.1) is 11.8 Å². The zero-order chi connectivity index (χ0) is 12.8. The number of thioether (sulfide) groups is 1. The highest BCUT2D eigenvalue weighted by atomic mass is 32.2. The number of para-hydroxylation sites is 1. The molecule has 0 aliphatic heterocycles. The molecule has 0 aliphatic rings. The van der Waals surface area contributed by atoms with Crippen LogP contribution in [-0.2, 0) is 0 Å². The Morgan fingerprint density at radius 2 is 2.06 bits per heavy atom. The van der Waals surface area contributed by atoms with Crippen molar-refractivity contribution >= 4 is 17.4 Å². The van der Waals surface area contributed by atoms with Crippen molar-refractivity contribution in [2.45, 2.75) is 31.8 Å². The van der Waals surface area contributed by atoms with Crippen LogP contribution in [0.2, 0.25) is 0 Å². The largest absolute Gasteiger partial charge is 0.489 e. The van der Waals surface area contributed by atoms with Gasteiger partial charge in [0.25, 0.3) is 0 Å². The van der Waals surface area contributed by atoms with E-state index in [2.05, 4.69) is 0 Å². The Balaban J connectivity index is 2.72. The summed E-state index contributed by atoms with van der Waals surface area (Å²) in [7, 11) is 0. The van der Waals surface area contributed by atoms with E-state index in [0.717, 1.165) is 16.4 Å². The molecule has 0 amide bonds. The van der Waals surface area contributed by atoms with E-state index in [1.807, 2.05) is 39.0 Å². The molecule has 0 heterocycles. The molecule has 3 N–H and O–H groups in total. The molecule has 1 rings (SSSR count). The summed E-state index contributed by atoms with van der Waals surface area (Å²) in [5.74, 6) is 1.86. The third-order valence-corrected chi connectivity index (χ3v) is 3.63. The van der Waals surface area contributed by atoms with Crippen molar-refractivity contribution < 1.29 is 9.84 Å². The van der Waals surface area contributed by atoms with Gasteiger partial charge >= 0.3 is 0 Å². The third kappa shape index (κ3) is 4.48. The van der Waals surface area contributed by atoms with E-state index < -0.39 is 0 Å². The molecule has 0 radical (unpaired) electrons. The molecular weight excluding hydrogens is 234 g/mol. The molecule has 1 unspecified atom stereocenters. The minimum atomic E-state index is 0.119. The van der Waals surface area contributed by atoms with Crippen LogP contribution in [0.3, 0.4) is 0 Å². The number of rotatable bonds is 6. The zero-order valence-corrected chi connectivity index (χ0v) is 11.5. The summed E-state index contributed by atoms with van der Waals surface area (Å²) in [5, 5.41) is 8.99. The number of aliphatic hydroxyl groups is 1. The highest BCUT2D eigenvalue weighted by Gasteiger charge is 2.09. The normalized spacial score (nSPS) is 12.8. The molecule has 1 atom stereocenters. The van der Waals surface area contributed by atoms with Crippen molar-refractivity contribution in [1.29, 1.82) is 0 Å². The molecule has 4 heteroatoms. The molecule has 0 saturated carbocycles. The van der Waals surface area contributed by atoms with Gasteiger partial charge in [-0.05, 0) is 31.9 Å². The maximum absolute atomic E-state index is 8.99. The maximum atomic E-state index is 8.99. The Bertz CT molecular complexity index is 355. The molecule has 0 spiro atoms. The summed E-state index contributed by atoms with van der Waals surface area (Å²) in [6.45, 7) is 6.17. The summed E-state index contributed by atoms with van der Waals surface area (Å²) in [5.41, 5.74) is 6.74. The molecule has 3 nitrogen and oxygen atoms in total. The SMILES string of the molecule is CC(CO)CSc1cccc(OC(C)C)c1N. The number of nitrogen functional groups attached to an aromatic ring is 1. The highest BCUT2D eigenvalue weighted by molar-refractivity contribution is 7.99. The zero-order valence-electron chi connectivity index (χ0n) is 10.6. The number of nitrogens with two attached hydrogens (primary N) is 1. The quantitative estimate of drug-likeness (QED) is 0.606. The Kier molecular flexibility index (Phi) is 5.65. The van der Waals surface area contributed by atoms with Gasteiger partial charge in [0.2, 0.25) is 0 Å². The second-order valence-electron chi connectivity index (χ2n) is 4.43. The first-order valence-corrected chi connectivity index (χ1v) is 6.82. The van der Waals surface area contributed by atoms with Gasteiger partial charge in [-0.25, -0.2) is 0 Å². The predicted molar refractivity (Wildman–Crippen MR) is 73.6 cm³/mol. The summed E-state index contributed by atoms with van der Waals surface area (Å²) < 4.78 is 5.63. The van der Waals surface area contributed by atoms with Crippen molar-refractivity contribution in [3.8, 4) is 5.75 Å². The van der Waals surface area contributed by atoms with Gasteiger partial charge < -0.3 is 15.6 Å². The van der Waals surface area contributed by atoms with Gasteiger partial charge in [0.1, 0.15) is 5.75 Å². The lowest BCUT2D eigenvalue weighted by Crippen LogP contribution is -2.08. The number of hydrogen-bond donors (Lipinski definition) is 2. The number of hydrogen-bond acceptors (Lipinski definition) is 4. The lowest BCUT2D eigenvalue weighted by molar-refractivity contribution is 0.243. The summed E-state index contributed by atoms with van der Waals surface area (Å²) >= 11 is 1.66. The van der Waals surface area contributed by atoms with Gasteiger partial charge in [-0.3, -0.25) is 0 Å². The van der Waals surface area contributed by atoms with Crippen molar-refractivity contribution in [3.05, 3.63) is 18.2 Å². The van der Waals surface area contributed by atoms with E-state index in [1.54, 1.807) is 11.8 Å². The van der Waals surface area contributed by atoms with Crippen LogP contribution in [0.5, 0.6) is 5.75 Å². The van der Waals surface area contributed by atoms with Gasteiger partial charge in [0.15, 0.2) is 0 Å². The predicted octanol–water partition coefficient (Wildman–Crippen LogP) is 2.78. The Hall–Kier alpha value is -0.870. The molecule has 96 valence electrons. The van der Waals surface area contributed by atoms with E-state index in [9.17, 15) is 0 Å². The Morgan fingerprint density at radius 1 is 1.35 bits per heavy atom. The minimum Gasteiger partial charge on any atom is -0.489 e. The first kappa shape index (κ1) is 14.2.